The van der Waals surface area contributed by atoms with Crippen LogP contribution in [0, 0.1) is 12.3 Å². The lowest BCUT2D eigenvalue weighted by Gasteiger charge is -2.29. The molecule has 2 unspecified atom stereocenters. The van der Waals surface area contributed by atoms with Gasteiger partial charge in [-0.3, -0.25) is 4.98 Å². The van der Waals surface area contributed by atoms with Gasteiger partial charge in [-0.1, -0.05) is 12.0 Å². The molecule has 1 N–H and O–H groups in total. The second-order valence-electron chi connectivity index (χ2n) is 7.55. The SMILES string of the molecule is C#CC(C)(O)Cc1cncc(C2CCCN2C(=O)OC(C)(C)C)c1. The number of hydrogen-bond acceptors (Lipinski definition) is 4. The lowest BCUT2D eigenvalue weighted by Crippen LogP contribution is -2.36. The zero-order valence-corrected chi connectivity index (χ0v) is 14.9. The van der Waals surface area contributed by atoms with Crippen molar-refractivity contribution >= 4 is 6.09 Å². The molecule has 5 heteroatoms. The minimum atomic E-state index is -1.21. The molecule has 1 aromatic heterocycles. The number of rotatable bonds is 3. The molecule has 2 atom stereocenters. The minimum Gasteiger partial charge on any atom is -0.444 e. The molecule has 130 valence electrons. The van der Waals surface area contributed by atoms with Crippen molar-refractivity contribution in [3.05, 3.63) is 29.6 Å². The number of likely N-dealkylation sites (tertiary alicyclic amines) is 1. The Bertz CT molecular complexity index is 641. The second kappa shape index (κ2) is 6.82. The number of hydrogen-bond donors (Lipinski definition) is 1. The van der Waals surface area contributed by atoms with Gasteiger partial charge < -0.3 is 14.7 Å². The molecule has 24 heavy (non-hydrogen) atoms. The van der Waals surface area contributed by atoms with E-state index < -0.39 is 11.2 Å². The van der Waals surface area contributed by atoms with Gasteiger partial charge >= 0.3 is 6.09 Å². The summed E-state index contributed by atoms with van der Waals surface area (Å²) in [6.45, 7) is 7.86. The molecule has 0 radical (unpaired) electrons. The highest BCUT2D eigenvalue weighted by Gasteiger charge is 2.33. The van der Waals surface area contributed by atoms with Crippen LogP contribution in [0.5, 0.6) is 0 Å². The predicted octanol–water partition coefficient (Wildman–Crippen LogP) is 3.08. The zero-order valence-electron chi connectivity index (χ0n) is 14.9. The third-order valence-corrected chi connectivity index (χ3v) is 3.94. The number of carbonyl (C=O) groups excluding carboxylic acids is 1. The highest BCUT2D eigenvalue weighted by atomic mass is 16.6. The van der Waals surface area contributed by atoms with Crippen molar-refractivity contribution in [1.82, 2.24) is 9.88 Å². The van der Waals surface area contributed by atoms with Crippen molar-refractivity contribution in [2.45, 2.75) is 64.2 Å². The number of aliphatic hydroxyl groups is 1. The molecule has 1 aliphatic rings. The van der Waals surface area contributed by atoms with E-state index >= 15 is 0 Å². The van der Waals surface area contributed by atoms with E-state index in [-0.39, 0.29) is 12.1 Å². The first kappa shape index (κ1) is 18.3. The van der Waals surface area contributed by atoms with E-state index in [0.717, 1.165) is 24.0 Å². The average Bonchev–Trinajstić information content (AvgIpc) is 2.95. The van der Waals surface area contributed by atoms with Crippen LogP contribution < -0.4 is 0 Å². The topological polar surface area (TPSA) is 62.7 Å². The number of pyridine rings is 1. The van der Waals surface area contributed by atoms with E-state index in [2.05, 4.69) is 10.9 Å². The van der Waals surface area contributed by atoms with Gasteiger partial charge in [0.05, 0.1) is 6.04 Å². The molecule has 2 heterocycles. The van der Waals surface area contributed by atoms with Crippen LogP contribution in [0.15, 0.2) is 18.5 Å². The molecule has 1 aliphatic heterocycles. The molecular weight excluding hydrogens is 304 g/mol. The van der Waals surface area contributed by atoms with Gasteiger partial charge in [0.25, 0.3) is 0 Å². The van der Waals surface area contributed by atoms with E-state index in [9.17, 15) is 9.90 Å². The summed E-state index contributed by atoms with van der Waals surface area (Å²) in [7, 11) is 0. The molecule has 1 aromatic rings. The molecule has 0 saturated carbocycles. The lowest BCUT2D eigenvalue weighted by atomic mass is 9.96. The first-order chi connectivity index (χ1) is 11.1. The van der Waals surface area contributed by atoms with Crippen molar-refractivity contribution < 1.29 is 14.6 Å². The Kier molecular flexibility index (Phi) is 5.19. The van der Waals surface area contributed by atoms with Crippen LogP contribution in [0.25, 0.3) is 0 Å². The number of amides is 1. The molecule has 0 spiro atoms. The fourth-order valence-electron chi connectivity index (χ4n) is 2.89. The number of terminal acetylenes is 1. The Morgan fingerprint density at radius 1 is 1.46 bits per heavy atom. The maximum absolute atomic E-state index is 12.4. The highest BCUT2D eigenvalue weighted by Crippen LogP contribution is 2.33. The van der Waals surface area contributed by atoms with E-state index in [1.807, 2.05) is 26.8 Å². The zero-order chi connectivity index (χ0) is 18.0. The summed E-state index contributed by atoms with van der Waals surface area (Å²) in [6, 6.07) is 1.91. The third-order valence-electron chi connectivity index (χ3n) is 3.94. The first-order valence-corrected chi connectivity index (χ1v) is 8.25. The molecule has 1 saturated heterocycles. The molecule has 0 aliphatic carbocycles. The summed E-state index contributed by atoms with van der Waals surface area (Å²) < 4.78 is 5.50. The second-order valence-corrected chi connectivity index (χ2v) is 7.55. The Balaban J connectivity index is 2.18. The fourth-order valence-corrected chi connectivity index (χ4v) is 2.89. The van der Waals surface area contributed by atoms with Crippen LogP contribution in [0.4, 0.5) is 4.79 Å². The monoisotopic (exact) mass is 330 g/mol. The summed E-state index contributed by atoms with van der Waals surface area (Å²) in [4.78, 5) is 18.4. The highest BCUT2D eigenvalue weighted by molar-refractivity contribution is 5.69. The molecule has 1 fully saturated rings. The Labute approximate surface area is 144 Å². The Hall–Kier alpha value is -2.06. The van der Waals surface area contributed by atoms with Crippen LogP contribution in [-0.2, 0) is 11.2 Å². The standard InChI is InChI=1S/C19H26N2O3/c1-6-19(5,23)11-14-10-15(13-20-12-14)16-8-7-9-21(16)17(22)24-18(2,3)4/h1,10,12-13,16,23H,7-9,11H2,2-5H3. The smallest absolute Gasteiger partial charge is 0.410 e. The van der Waals surface area contributed by atoms with Crippen molar-refractivity contribution in [2.24, 2.45) is 0 Å². The lowest BCUT2D eigenvalue weighted by molar-refractivity contribution is 0.0224. The molecule has 5 nitrogen and oxygen atoms in total. The molecule has 2 rings (SSSR count). The third kappa shape index (κ3) is 4.72. The van der Waals surface area contributed by atoms with E-state index in [1.54, 1.807) is 24.2 Å². The van der Waals surface area contributed by atoms with E-state index in [4.69, 9.17) is 11.2 Å². The van der Waals surface area contributed by atoms with E-state index in [1.165, 1.54) is 0 Å². The van der Waals surface area contributed by atoms with Crippen molar-refractivity contribution in [3.63, 3.8) is 0 Å². The average molecular weight is 330 g/mol. The van der Waals surface area contributed by atoms with Gasteiger partial charge in [0.15, 0.2) is 0 Å². The summed E-state index contributed by atoms with van der Waals surface area (Å²) in [5.74, 6) is 2.37. The summed E-state index contributed by atoms with van der Waals surface area (Å²) >= 11 is 0. The Morgan fingerprint density at radius 3 is 2.79 bits per heavy atom. The van der Waals surface area contributed by atoms with Crippen LogP contribution in [0.1, 0.15) is 57.7 Å². The number of aromatic nitrogens is 1. The van der Waals surface area contributed by atoms with Gasteiger partial charge in [0, 0.05) is 25.4 Å². The maximum Gasteiger partial charge on any atom is 0.410 e. The van der Waals surface area contributed by atoms with Gasteiger partial charge in [0.2, 0.25) is 0 Å². The van der Waals surface area contributed by atoms with Gasteiger partial charge in [-0.25, -0.2) is 4.79 Å². The van der Waals surface area contributed by atoms with Crippen molar-refractivity contribution in [1.29, 1.82) is 0 Å². The first-order valence-electron chi connectivity index (χ1n) is 8.25. The normalized spacial score (nSPS) is 20.3. The van der Waals surface area contributed by atoms with Crippen molar-refractivity contribution in [3.8, 4) is 12.3 Å². The van der Waals surface area contributed by atoms with Crippen LogP contribution in [0.2, 0.25) is 0 Å². The number of nitrogens with zero attached hydrogens (tertiary/aromatic N) is 2. The van der Waals surface area contributed by atoms with Crippen LogP contribution in [0.3, 0.4) is 0 Å². The molecular formula is C19H26N2O3. The van der Waals surface area contributed by atoms with Crippen LogP contribution >= 0.6 is 0 Å². The van der Waals surface area contributed by atoms with Gasteiger partial charge in [0.1, 0.15) is 11.2 Å². The predicted molar refractivity (Wildman–Crippen MR) is 92.3 cm³/mol. The summed E-state index contributed by atoms with van der Waals surface area (Å²) in [6.07, 6.45) is 10.6. The maximum atomic E-state index is 12.4. The van der Waals surface area contributed by atoms with Gasteiger partial charge in [-0.05, 0) is 51.7 Å². The number of ether oxygens (including phenoxy) is 1. The summed E-state index contributed by atoms with van der Waals surface area (Å²) in [5.41, 5.74) is 0.0755. The van der Waals surface area contributed by atoms with E-state index in [0.29, 0.717) is 13.0 Å². The van der Waals surface area contributed by atoms with Crippen LogP contribution in [-0.4, -0.2) is 38.8 Å². The molecule has 0 aromatic carbocycles. The molecule has 0 bridgehead atoms. The van der Waals surface area contributed by atoms with Gasteiger partial charge in [-0.2, -0.15) is 0 Å². The fraction of sp³-hybridized carbons (Fsp3) is 0.579. The summed E-state index contributed by atoms with van der Waals surface area (Å²) in [5, 5.41) is 10.1. The largest absolute Gasteiger partial charge is 0.444 e. The minimum absolute atomic E-state index is 0.0527. The van der Waals surface area contributed by atoms with Crippen molar-refractivity contribution in [2.75, 3.05) is 6.54 Å². The quantitative estimate of drug-likeness (QED) is 0.865. The number of carbonyl (C=O) groups is 1. The molecule has 1 amide bonds. The van der Waals surface area contributed by atoms with Gasteiger partial charge in [-0.15, -0.1) is 6.42 Å². The Morgan fingerprint density at radius 2 is 2.17 bits per heavy atom.